The van der Waals surface area contributed by atoms with Crippen LogP contribution in [0.4, 0.5) is 4.79 Å². The van der Waals surface area contributed by atoms with Crippen molar-refractivity contribution in [3.05, 3.63) is 0 Å². The Kier molecular flexibility index (Phi) is 8.51. The smallest absolute Gasteiger partial charge is 1.00 e. The molecule has 0 aliphatic heterocycles. The van der Waals surface area contributed by atoms with E-state index in [2.05, 4.69) is 16.2 Å². The summed E-state index contributed by atoms with van der Waals surface area (Å²) >= 11 is 4.24. The van der Waals surface area contributed by atoms with Gasteiger partial charge < -0.3 is 12.2 Å². The second-order valence-electron chi connectivity index (χ2n) is 0.343. The topological polar surface area (TPSA) is 46.5 Å². The Morgan fingerprint density at radius 2 is 2.17 bits per heavy atom. The summed E-state index contributed by atoms with van der Waals surface area (Å²) in [7, 11) is 0. The quantitative estimate of drug-likeness (QED) is 0.481. The van der Waals surface area contributed by atoms with Gasteiger partial charge in [0, 0.05) is 0 Å². The van der Waals surface area contributed by atoms with Crippen molar-refractivity contribution in [3.8, 4) is 0 Å². The summed E-state index contributed by atoms with van der Waals surface area (Å²) in [5, 5.41) is 7.37. The van der Waals surface area contributed by atoms with E-state index in [-0.39, 0.29) is 25.9 Å². The van der Waals surface area contributed by atoms with Crippen molar-refractivity contribution < 1.29 is 17.0 Å². The van der Waals surface area contributed by atoms with Crippen molar-refractivity contribution in [2.75, 3.05) is 0 Å². The first kappa shape index (κ1) is 9.59. The van der Waals surface area contributed by atoms with Crippen molar-refractivity contribution in [1.82, 2.24) is 0 Å². The minimum absolute atomic E-state index is 0. The molecule has 0 saturated carbocycles. The van der Waals surface area contributed by atoms with Crippen LogP contribution in [0.2, 0.25) is 0 Å². The first-order chi connectivity index (χ1) is 2.27. The normalized spacial score (nSPS) is 5.50. The van der Waals surface area contributed by atoms with Gasteiger partial charge in [0.1, 0.15) is 11.9 Å². The average molecular weight is 123 g/mol. The second kappa shape index (κ2) is 5.33. The van der Waals surface area contributed by atoms with Gasteiger partial charge in [0.15, 0.2) is 0 Å². The van der Waals surface area contributed by atoms with Gasteiger partial charge >= 0.3 is 29.2 Å². The Morgan fingerprint density at radius 3 is 2.17 bits per heavy atom. The fourth-order valence-electron chi connectivity index (χ4n) is 0. The molecule has 0 heterocycles. The zero-order valence-electron chi connectivity index (χ0n) is 4.85. The number of hydrogen-bond acceptors (Lipinski definition) is 2. The zero-order chi connectivity index (χ0) is 4.28. The molecule has 0 fully saturated rings. The molecule has 5 heteroatoms. The molecule has 0 rings (SSSR count). The van der Waals surface area contributed by atoms with Crippen molar-refractivity contribution >= 4 is 41.1 Å². The number of rotatable bonds is 0. The van der Waals surface area contributed by atoms with Gasteiger partial charge in [0.05, 0.1) is 0 Å². The molecule has 0 radical (unpaired) electrons. The molecule has 0 aromatic carbocycles. The molecule has 0 unspecified atom stereocenters. The number of carboxylic acid groups (broad SMARTS) is 1. The molecule has 0 amide bonds. The predicted molar refractivity (Wildman–Crippen MR) is 22.9 cm³/mol. The molecule has 0 aromatic heterocycles. The van der Waals surface area contributed by atoms with Crippen LogP contribution >= 0.6 is 11.9 Å². The van der Waals surface area contributed by atoms with E-state index in [1.807, 2.05) is 0 Å². The third-order valence-corrected chi connectivity index (χ3v) is 0.198. The predicted octanol–water partition coefficient (Wildman–Crippen LogP) is 0.679. The third kappa shape index (κ3) is 8.85. The van der Waals surface area contributed by atoms with Crippen LogP contribution in [0.3, 0.4) is 0 Å². The first-order valence-electron chi connectivity index (χ1n) is 0.786. The molecule has 1 N–H and O–H groups in total. The van der Waals surface area contributed by atoms with Gasteiger partial charge in [-0.3, -0.25) is 0 Å². The standard InChI is InChI=1S/CHClO3.Mg.2H/c2-5-1(3)4;;;/h(H,3,4);;;/q;+2;2*-1. The van der Waals surface area contributed by atoms with Gasteiger partial charge in [-0.25, -0.2) is 4.79 Å². The summed E-state index contributed by atoms with van der Waals surface area (Å²) in [6.07, 6.45) is -1.48. The molecule has 0 bridgehead atoms. The van der Waals surface area contributed by atoms with E-state index in [0.29, 0.717) is 0 Å². The van der Waals surface area contributed by atoms with Crippen LogP contribution < -0.4 is 0 Å². The van der Waals surface area contributed by atoms with Gasteiger partial charge in [0.2, 0.25) is 0 Å². The summed E-state index contributed by atoms with van der Waals surface area (Å²) in [4.78, 5) is 9.01. The van der Waals surface area contributed by atoms with Crippen LogP contribution in [0.25, 0.3) is 0 Å². The van der Waals surface area contributed by atoms with E-state index in [9.17, 15) is 0 Å². The van der Waals surface area contributed by atoms with Crippen molar-refractivity contribution in [2.45, 2.75) is 0 Å². The van der Waals surface area contributed by atoms with Gasteiger partial charge in [-0.15, -0.1) is 0 Å². The van der Waals surface area contributed by atoms with Crippen LogP contribution in [-0.2, 0) is 4.29 Å². The van der Waals surface area contributed by atoms with Crippen LogP contribution in [0, 0.1) is 0 Å². The van der Waals surface area contributed by atoms with E-state index in [4.69, 9.17) is 9.90 Å². The largest absolute Gasteiger partial charge is 2.00 e. The zero-order valence-corrected chi connectivity index (χ0v) is 5.02. The van der Waals surface area contributed by atoms with Crippen molar-refractivity contribution in [2.24, 2.45) is 0 Å². The number of carbonyl (C=O) groups is 1. The third-order valence-electron chi connectivity index (χ3n) is 0.0660. The minimum Gasteiger partial charge on any atom is -1.00 e. The van der Waals surface area contributed by atoms with Crippen LogP contribution in [0.1, 0.15) is 2.85 Å². The van der Waals surface area contributed by atoms with Gasteiger partial charge in [-0.05, 0) is 0 Å². The van der Waals surface area contributed by atoms with Gasteiger partial charge in [-0.2, -0.15) is 0 Å². The summed E-state index contributed by atoms with van der Waals surface area (Å²) in [5.41, 5.74) is 0. The molecule has 6 heavy (non-hydrogen) atoms. The molecular weight excluding hydrogens is 120 g/mol. The summed E-state index contributed by atoms with van der Waals surface area (Å²) in [6, 6.07) is 0. The molecule has 0 aliphatic rings. The Bertz CT molecular complexity index is 52.5. The first-order valence-corrected chi connectivity index (χ1v) is 1.09. The Labute approximate surface area is 58.5 Å². The Balaban J connectivity index is -0.0000000267. The molecule has 34 valence electrons. The van der Waals surface area contributed by atoms with Gasteiger partial charge in [-0.1, -0.05) is 0 Å². The van der Waals surface area contributed by atoms with Crippen molar-refractivity contribution in [3.63, 3.8) is 0 Å². The van der Waals surface area contributed by atoms with Gasteiger partial charge in [0.25, 0.3) is 0 Å². The number of halogens is 1. The maximum Gasteiger partial charge on any atom is 2.00 e. The number of hydrogen-bond donors (Lipinski definition) is 1. The van der Waals surface area contributed by atoms with E-state index >= 15 is 0 Å². The fourth-order valence-corrected chi connectivity index (χ4v) is 0. The van der Waals surface area contributed by atoms with E-state index in [1.54, 1.807) is 0 Å². The second-order valence-corrected chi connectivity index (χ2v) is 0.497. The molecule has 0 atom stereocenters. The summed E-state index contributed by atoms with van der Waals surface area (Å²) in [6.45, 7) is 0. The molecule has 0 aromatic rings. The Hall–Kier alpha value is 0.326. The van der Waals surface area contributed by atoms with Crippen LogP contribution in [0.15, 0.2) is 0 Å². The molecule has 0 aliphatic carbocycles. The van der Waals surface area contributed by atoms with Crippen LogP contribution in [-0.4, -0.2) is 34.3 Å². The average Bonchev–Trinajstić information content (AvgIpc) is 1.38. The molecule has 0 spiro atoms. The SMILES string of the molecule is O=C(O)OCl.[H-].[H-].[Mg+2]. The molecule has 3 nitrogen and oxygen atoms in total. The minimum atomic E-state index is -1.48. The van der Waals surface area contributed by atoms with E-state index in [0.717, 1.165) is 0 Å². The Morgan fingerprint density at radius 1 is 2.00 bits per heavy atom. The van der Waals surface area contributed by atoms with E-state index < -0.39 is 6.16 Å². The monoisotopic (exact) mass is 122 g/mol. The van der Waals surface area contributed by atoms with Crippen molar-refractivity contribution in [1.29, 1.82) is 0 Å². The summed E-state index contributed by atoms with van der Waals surface area (Å²) < 4.78 is 3.14. The maximum atomic E-state index is 9.01. The maximum absolute atomic E-state index is 9.01. The van der Waals surface area contributed by atoms with Crippen LogP contribution in [0.5, 0.6) is 0 Å². The fraction of sp³-hybridized carbons (Fsp3) is 0. The van der Waals surface area contributed by atoms with E-state index in [1.165, 1.54) is 0 Å². The molecular formula is CH3ClMgO3. The molecule has 0 saturated heterocycles. The summed E-state index contributed by atoms with van der Waals surface area (Å²) in [5.74, 6) is 0.